The van der Waals surface area contributed by atoms with E-state index in [0.717, 1.165) is 12.8 Å². The number of aromatic amines is 1. The molecule has 0 saturated heterocycles. The summed E-state index contributed by atoms with van der Waals surface area (Å²) in [5.41, 5.74) is -0.387. The number of aliphatic hydroxyl groups excluding tert-OH is 1. The van der Waals surface area contributed by atoms with Crippen molar-refractivity contribution in [2.45, 2.75) is 57.9 Å². The summed E-state index contributed by atoms with van der Waals surface area (Å²) in [7, 11) is 0. The van der Waals surface area contributed by atoms with Crippen molar-refractivity contribution in [1.82, 2.24) is 15.3 Å². The average Bonchev–Trinajstić information content (AvgIpc) is 3.22. The molecule has 1 atom stereocenters. The number of hydrogen-bond donors (Lipinski definition) is 3. The van der Waals surface area contributed by atoms with Crippen molar-refractivity contribution in [3.05, 3.63) is 27.4 Å². The van der Waals surface area contributed by atoms with Crippen LogP contribution in [0.15, 0.2) is 4.79 Å². The van der Waals surface area contributed by atoms with E-state index in [4.69, 9.17) is 5.11 Å². The fourth-order valence-electron chi connectivity index (χ4n) is 2.34. The fourth-order valence-corrected chi connectivity index (χ4v) is 2.34. The third kappa shape index (κ3) is 3.50. The van der Waals surface area contributed by atoms with Crippen molar-refractivity contribution in [3.63, 3.8) is 0 Å². The molecule has 1 aliphatic carbocycles. The molecular weight excluding hydrogens is 270 g/mol. The van der Waals surface area contributed by atoms with Gasteiger partial charge >= 0.3 is 0 Å². The van der Waals surface area contributed by atoms with Crippen LogP contribution in [0.25, 0.3) is 0 Å². The molecule has 1 saturated carbocycles. The van der Waals surface area contributed by atoms with Gasteiger partial charge in [-0.3, -0.25) is 9.59 Å². The van der Waals surface area contributed by atoms with Gasteiger partial charge in [-0.25, -0.2) is 4.98 Å². The van der Waals surface area contributed by atoms with Gasteiger partial charge in [-0.05, 0) is 39.5 Å². The highest BCUT2D eigenvalue weighted by Crippen LogP contribution is 2.37. The number of aliphatic hydroxyl groups is 1. The Hall–Kier alpha value is -1.69. The molecule has 1 amide bonds. The normalized spacial score (nSPS) is 17.3. The second-order valence-corrected chi connectivity index (χ2v) is 6.03. The van der Waals surface area contributed by atoms with Gasteiger partial charge in [-0.2, -0.15) is 0 Å². The number of rotatable bonds is 6. The molecule has 0 bridgehead atoms. The Morgan fingerprint density at radius 1 is 1.52 bits per heavy atom. The second kappa shape index (κ2) is 5.97. The van der Waals surface area contributed by atoms with E-state index in [9.17, 15) is 9.59 Å². The SMILES string of the molecule is CCC(C)(CCO)NC(=O)c1c(C)nc(C2CC2)[nH]c1=O. The summed E-state index contributed by atoms with van der Waals surface area (Å²) >= 11 is 0. The molecule has 1 aromatic heterocycles. The van der Waals surface area contributed by atoms with Crippen LogP contribution in [0.2, 0.25) is 0 Å². The monoisotopic (exact) mass is 293 g/mol. The van der Waals surface area contributed by atoms with Crippen LogP contribution in [0.3, 0.4) is 0 Å². The van der Waals surface area contributed by atoms with E-state index in [1.807, 2.05) is 13.8 Å². The lowest BCUT2D eigenvalue weighted by Gasteiger charge is -2.29. The lowest BCUT2D eigenvalue weighted by molar-refractivity contribution is 0.0883. The Kier molecular flexibility index (Phi) is 4.46. The number of H-pyrrole nitrogens is 1. The van der Waals surface area contributed by atoms with Crippen molar-refractivity contribution in [3.8, 4) is 0 Å². The lowest BCUT2D eigenvalue weighted by atomic mass is 9.94. The molecule has 6 heteroatoms. The molecule has 1 aliphatic rings. The number of nitrogens with zero attached hydrogens (tertiary/aromatic N) is 1. The van der Waals surface area contributed by atoms with E-state index in [1.165, 1.54) is 0 Å². The van der Waals surface area contributed by atoms with Gasteiger partial charge in [0.15, 0.2) is 0 Å². The summed E-state index contributed by atoms with van der Waals surface area (Å²) in [6, 6.07) is 0. The van der Waals surface area contributed by atoms with E-state index in [1.54, 1.807) is 6.92 Å². The van der Waals surface area contributed by atoms with E-state index >= 15 is 0 Å². The van der Waals surface area contributed by atoms with Gasteiger partial charge in [-0.15, -0.1) is 0 Å². The molecule has 1 unspecified atom stereocenters. The van der Waals surface area contributed by atoms with Crippen LogP contribution in [0.4, 0.5) is 0 Å². The zero-order chi connectivity index (χ0) is 15.6. The number of nitrogens with one attached hydrogen (secondary N) is 2. The molecule has 1 heterocycles. The van der Waals surface area contributed by atoms with Crippen molar-refractivity contribution in [1.29, 1.82) is 0 Å². The Morgan fingerprint density at radius 3 is 2.67 bits per heavy atom. The van der Waals surface area contributed by atoms with Gasteiger partial charge in [0.25, 0.3) is 11.5 Å². The number of aryl methyl sites for hydroxylation is 1. The van der Waals surface area contributed by atoms with E-state index in [0.29, 0.717) is 30.3 Å². The quantitative estimate of drug-likeness (QED) is 0.735. The maximum Gasteiger partial charge on any atom is 0.264 e. The first kappa shape index (κ1) is 15.7. The van der Waals surface area contributed by atoms with E-state index in [2.05, 4.69) is 15.3 Å². The maximum absolute atomic E-state index is 12.4. The summed E-state index contributed by atoms with van der Waals surface area (Å²) in [6.45, 7) is 5.46. The summed E-state index contributed by atoms with van der Waals surface area (Å²) in [6.07, 6.45) is 3.19. The number of hydrogen-bond acceptors (Lipinski definition) is 4. The van der Waals surface area contributed by atoms with Gasteiger partial charge in [0, 0.05) is 18.1 Å². The molecule has 0 aliphatic heterocycles. The van der Waals surface area contributed by atoms with Crippen LogP contribution in [0.5, 0.6) is 0 Å². The molecule has 21 heavy (non-hydrogen) atoms. The van der Waals surface area contributed by atoms with Gasteiger partial charge in [0.05, 0.1) is 5.69 Å². The molecule has 0 radical (unpaired) electrons. The number of carbonyl (C=O) groups is 1. The van der Waals surface area contributed by atoms with Crippen LogP contribution in [-0.4, -0.2) is 33.1 Å². The van der Waals surface area contributed by atoms with E-state index < -0.39 is 11.4 Å². The van der Waals surface area contributed by atoms with Gasteiger partial charge in [0.1, 0.15) is 11.4 Å². The fraction of sp³-hybridized carbons (Fsp3) is 0.667. The first-order valence-corrected chi connectivity index (χ1v) is 7.44. The van der Waals surface area contributed by atoms with Crippen LogP contribution in [0.1, 0.15) is 67.3 Å². The highest BCUT2D eigenvalue weighted by Gasteiger charge is 2.30. The molecule has 116 valence electrons. The zero-order valence-electron chi connectivity index (χ0n) is 12.8. The second-order valence-electron chi connectivity index (χ2n) is 6.03. The Labute approximate surface area is 124 Å². The van der Waals surface area contributed by atoms with Crippen LogP contribution >= 0.6 is 0 Å². The first-order chi connectivity index (χ1) is 9.90. The lowest BCUT2D eigenvalue weighted by Crippen LogP contribution is -2.47. The summed E-state index contributed by atoms with van der Waals surface area (Å²) in [5, 5.41) is 11.9. The zero-order valence-corrected chi connectivity index (χ0v) is 12.8. The van der Waals surface area contributed by atoms with Gasteiger partial charge < -0.3 is 15.4 Å². The maximum atomic E-state index is 12.4. The van der Waals surface area contributed by atoms with Crippen molar-refractivity contribution < 1.29 is 9.90 Å². The molecule has 1 aromatic rings. The van der Waals surface area contributed by atoms with Crippen LogP contribution < -0.4 is 10.9 Å². The molecule has 0 aromatic carbocycles. The summed E-state index contributed by atoms with van der Waals surface area (Å²) in [5.74, 6) is 0.591. The highest BCUT2D eigenvalue weighted by molar-refractivity contribution is 5.95. The average molecular weight is 293 g/mol. The Morgan fingerprint density at radius 2 is 2.19 bits per heavy atom. The third-order valence-corrected chi connectivity index (χ3v) is 4.17. The molecule has 0 spiro atoms. The smallest absolute Gasteiger partial charge is 0.264 e. The minimum Gasteiger partial charge on any atom is -0.396 e. The minimum atomic E-state index is -0.528. The van der Waals surface area contributed by atoms with Gasteiger partial charge in [0.2, 0.25) is 0 Å². The Bertz CT molecular complexity index is 592. The van der Waals surface area contributed by atoms with Crippen LogP contribution in [0, 0.1) is 6.92 Å². The predicted octanol–water partition coefficient (Wildman–Crippen LogP) is 1.24. The molecule has 6 nitrogen and oxygen atoms in total. The standard InChI is InChI=1S/C15H23N3O3/c1-4-15(3,7-8-19)18-14(21)11-9(2)16-12(10-5-6-10)17-13(11)20/h10,19H,4-8H2,1-3H3,(H,18,21)(H,16,17,20). The number of carbonyl (C=O) groups excluding carboxylic acids is 1. The van der Waals surface area contributed by atoms with Crippen molar-refractivity contribution in [2.24, 2.45) is 0 Å². The third-order valence-electron chi connectivity index (χ3n) is 4.17. The topological polar surface area (TPSA) is 95.1 Å². The molecular formula is C15H23N3O3. The highest BCUT2D eigenvalue weighted by atomic mass is 16.3. The van der Waals surface area contributed by atoms with Crippen molar-refractivity contribution in [2.75, 3.05) is 6.61 Å². The summed E-state index contributed by atoms with van der Waals surface area (Å²) in [4.78, 5) is 31.6. The predicted molar refractivity (Wildman–Crippen MR) is 79.4 cm³/mol. The van der Waals surface area contributed by atoms with E-state index in [-0.39, 0.29) is 17.7 Å². The number of amides is 1. The van der Waals surface area contributed by atoms with Crippen LogP contribution in [-0.2, 0) is 0 Å². The molecule has 1 fully saturated rings. The van der Waals surface area contributed by atoms with Crippen molar-refractivity contribution >= 4 is 5.91 Å². The van der Waals surface area contributed by atoms with Gasteiger partial charge in [-0.1, -0.05) is 6.92 Å². The molecule has 3 N–H and O–H groups in total. The largest absolute Gasteiger partial charge is 0.396 e. The first-order valence-electron chi connectivity index (χ1n) is 7.44. The molecule has 2 rings (SSSR count). The summed E-state index contributed by atoms with van der Waals surface area (Å²) < 4.78 is 0. The minimum absolute atomic E-state index is 0.0151. The number of aromatic nitrogens is 2. The Balaban J connectivity index is 2.25.